The van der Waals surface area contributed by atoms with Crippen molar-refractivity contribution in [1.29, 1.82) is 0 Å². The molecule has 2 aromatic carbocycles. The fourth-order valence-electron chi connectivity index (χ4n) is 3.89. The first kappa shape index (κ1) is 26.8. The van der Waals surface area contributed by atoms with Crippen molar-refractivity contribution < 1.29 is 35.8 Å². The molecule has 0 N–H and O–H groups in total. The molecule has 2 heterocycles. The van der Waals surface area contributed by atoms with Gasteiger partial charge >= 0.3 is 0 Å². The van der Waals surface area contributed by atoms with Gasteiger partial charge < -0.3 is 18.9 Å². The molecule has 0 amide bonds. The summed E-state index contributed by atoms with van der Waals surface area (Å²) in [5, 5.41) is -1.03. The summed E-state index contributed by atoms with van der Waals surface area (Å²) in [5.74, 6) is 0. The van der Waals surface area contributed by atoms with Gasteiger partial charge in [-0.25, -0.2) is 16.8 Å². The molecular weight excluding hydrogens is 539 g/mol. The van der Waals surface area contributed by atoms with Gasteiger partial charge in [0.05, 0.1) is 41.6 Å². The number of halogens is 2. The van der Waals surface area contributed by atoms with Gasteiger partial charge in [0, 0.05) is 10.0 Å². The second kappa shape index (κ2) is 10.3. The van der Waals surface area contributed by atoms with Crippen LogP contribution in [0.5, 0.6) is 0 Å². The van der Waals surface area contributed by atoms with Crippen LogP contribution in [0.4, 0.5) is 0 Å². The SMILES string of the molecule is C[C@@H](C1OCC2(CO1)COC([C@H](C)S(=O)(=O)c1ccc(Cl)cc1)OC2)S(=O)(=O)c1ccc(Cl)cc1. The Morgan fingerprint density at radius 1 is 0.657 bits per heavy atom. The van der Waals surface area contributed by atoms with E-state index in [-0.39, 0.29) is 36.2 Å². The Hall–Kier alpha value is -1.24. The Kier molecular flexibility index (Phi) is 7.86. The summed E-state index contributed by atoms with van der Waals surface area (Å²) in [6, 6.07) is 11.8. The van der Waals surface area contributed by atoms with Crippen molar-refractivity contribution in [3.8, 4) is 0 Å². The number of sulfone groups is 2. The highest BCUT2D eigenvalue weighted by Gasteiger charge is 2.47. The second-order valence-corrected chi connectivity index (χ2v) is 14.4. The maximum Gasteiger partial charge on any atom is 0.185 e. The first-order valence-electron chi connectivity index (χ1n) is 10.9. The minimum Gasteiger partial charge on any atom is -0.350 e. The highest BCUT2D eigenvalue weighted by molar-refractivity contribution is 7.92. The van der Waals surface area contributed by atoms with Crippen LogP contribution in [0.15, 0.2) is 58.3 Å². The molecule has 0 saturated carbocycles. The van der Waals surface area contributed by atoms with Crippen LogP contribution in [0, 0.1) is 5.41 Å². The zero-order valence-corrected chi connectivity index (χ0v) is 22.2. The third-order valence-electron chi connectivity index (χ3n) is 6.24. The molecule has 2 aromatic rings. The second-order valence-electron chi connectivity index (χ2n) is 8.89. The Morgan fingerprint density at radius 3 is 1.23 bits per heavy atom. The van der Waals surface area contributed by atoms with Gasteiger partial charge in [-0.3, -0.25) is 0 Å². The van der Waals surface area contributed by atoms with Crippen molar-refractivity contribution in [3.05, 3.63) is 58.6 Å². The van der Waals surface area contributed by atoms with E-state index >= 15 is 0 Å². The van der Waals surface area contributed by atoms with Crippen LogP contribution >= 0.6 is 23.2 Å². The van der Waals surface area contributed by atoms with E-state index in [0.717, 1.165) is 0 Å². The molecular formula is C23H26Cl2O8S2. The lowest BCUT2D eigenvalue weighted by Crippen LogP contribution is -2.56. The molecule has 12 heteroatoms. The Balaban J connectivity index is 1.35. The molecule has 2 atom stereocenters. The van der Waals surface area contributed by atoms with E-state index < -0.39 is 48.2 Å². The van der Waals surface area contributed by atoms with Gasteiger partial charge in [-0.2, -0.15) is 0 Å². The molecule has 8 nitrogen and oxygen atoms in total. The molecule has 35 heavy (non-hydrogen) atoms. The van der Waals surface area contributed by atoms with Crippen molar-refractivity contribution in [1.82, 2.24) is 0 Å². The van der Waals surface area contributed by atoms with Crippen molar-refractivity contribution in [2.24, 2.45) is 5.41 Å². The summed E-state index contributed by atoms with van der Waals surface area (Å²) >= 11 is 11.7. The monoisotopic (exact) mass is 564 g/mol. The van der Waals surface area contributed by atoms with Crippen LogP contribution in [0.2, 0.25) is 10.0 Å². The quantitative estimate of drug-likeness (QED) is 0.522. The molecule has 0 unspecified atom stereocenters. The fourth-order valence-corrected chi connectivity index (χ4v) is 6.94. The van der Waals surface area contributed by atoms with E-state index in [1.807, 2.05) is 0 Å². The van der Waals surface area contributed by atoms with E-state index in [2.05, 4.69) is 0 Å². The minimum absolute atomic E-state index is 0.130. The highest BCUT2D eigenvalue weighted by Crippen LogP contribution is 2.35. The minimum atomic E-state index is -3.71. The standard InChI is InChI=1S/C23H26Cl2O8S2/c1-15(34(26,27)19-7-3-17(24)4-8-19)21-30-11-23(12-31-21)13-32-22(33-14-23)16(2)35(28,29)20-9-5-18(25)6-10-20/h3-10,15-16,21-22H,11-14H2,1-2H3/t15-,16-,21?,22?,23?/m0/s1. The van der Waals surface area contributed by atoms with Gasteiger partial charge in [0.1, 0.15) is 10.5 Å². The summed E-state index contributed by atoms with van der Waals surface area (Å²) in [7, 11) is -7.42. The van der Waals surface area contributed by atoms with Crippen LogP contribution in [-0.4, -0.2) is 66.3 Å². The van der Waals surface area contributed by atoms with E-state index in [0.29, 0.717) is 10.0 Å². The van der Waals surface area contributed by atoms with Crippen LogP contribution in [0.25, 0.3) is 0 Å². The average molecular weight is 565 g/mol. The van der Waals surface area contributed by atoms with Crippen LogP contribution < -0.4 is 0 Å². The molecule has 2 aliphatic heterocycles. The molecule has 4 rings (SSSR count). The zero-order chi connectivity index (χ0) is 25.4. The average Bonchev–Trinajstić information content (AvgIpc) is 2.85. The molecule has 0 aromatic heterocycles. The molecule has 0 aliphatic carbocycles. The number of rotatable bonds is 6. The predicted molar refractivity (Wildman–Crippen MR) is 130 cm³/mol. The maximum atomic E-state index is 12.9. The Morgan fingerprint density at radius 2 is 0.943 bits per heavy atom. The maximum absolute atomic E-state index is 12.9. The van der Waals surface area contributed by atoms with Crippen LogP contribution in [-0.2, 0) is 38.6 Å². The van der Waals surface area contributed by atoms with Crippen molar-refractivity contribution >= 4 is 42.9 Å². The number of ether oxygens (including phenoxy) is 4. The first-order valence-corrected chi connectivity index (χ1v) is 14.7. The molecule has 2 saturated heterocycles. The first-order chi connectivity index (χ1) is 16.4. The van der Waals surface area contributed by atoms with Gasteiger partial charge in [0.25, 0.3) is 0 Å². The van der Waals surface area contributed by atoms with E-state index in [1.165, 1.54) is 62.4 Å². The third-order valence-corrected chi connectivity index (χ3v) is 11.0. The molecule has 2 aliphatic rings. The summed E-state index contributed by atoms with van der Waals surface area (Å²) in [6.07, 6.45) is -1.94. The van der Waals surface area contributed by atoms with Gasteiger partial charge in [-0.15, -0.1) is 0 Å². The predicted octanol–water partition coefficient (Wildman–Crippen LogP) is 3.75. The topological polar surface area (TPSA) is 105 Å². The smallest absolute Gasteiger partial charge is 0.185 e. The third kappa shape index (κ3) is 5.55. The van der Waals surface area contributed by atoms with Gasteiger partial charge in [0.15, 0.2) is 32.3 Å². The largest absolute Gasteiger partial charge is 0.350 e. The summed E-state index contributed by atoms with van der Waals surface area (Å²) in [6.45, 7) is 3.62. The lowest BCUT2D eigenvalue weighted by molar-refractivity contribution is -0.300. The molecule has 2 fully saturated rings. The number of hydrogen-bond acceptors (Lipinski definition) is 8. The van der Waals surface area contributed by atoms with Gasteiger partial charge in [-0.05, 0) is 62.4 Å². The molecule has 1 spiro atoms. The van der Waals surface area contributed by atoms with Crippen molar-refractivity contribution in [3.63, 3.8) is 0 Å². The highest BCUT2D eigenvalue weighted by atomic mass is 35.5. The van der Waals surface area contributed by atoms with E-state index in [9.17, 15) is 16.8 Å². The van der Waals surface area contributed by atoms with E-state index in [1.54, 1.807) is 0 Å². The normalized spacial score (nSPS) is 27.4. The van der Waals surface area contributed by atoms with Gasteiger partial charge in [-0.1, -0.05) is 23.2 Å². The fraction of sp³-hybridized carbons (Fsp3) is 0.478. The summed E-state index contributed by atoms with van der Waals surface area (Å²) < 4.78 is 74.9. The number of hydrogen-bond donors (Lipinski definition) is 0. The molecule has 0 bridgehead atoms. The Labute approximate surface area is 215 Å². The molecule has 192 valence electrons. The Bertz CT molecular complexity index is 1130. The van der Waals surface area contributed by atoms with Crippen LogP contribution in [0.1, 0.15) is 13.8 Å². The summed E-state index contributed by atoms with van der Waals surface area (Å²) in [4.78, 5) is 0.259. The van der Waals surface area contributed by atoms with Crippen molar-refractivity contribution in [2.75, 3.05) is 26.4 Å². The van der Waals surface area contributed by atoms with Crippen molar-refractivity contribution in [2.45, 2.75) is 46.7 Å². The summed E-state index contributed by atoms with van der Waals surface area (Å²) in [5.41, 5.74) is -0.666. The van der Waals surface area contributed by atoms with Crippen LogP contribution in [0.3, 0.4) is 0 Å². The molecule has 0 radical (unpaired) electrons. The van der Waals surface area contributed by atoms with Gasteiger partial charge in [0.2, 0.25) is 0 Å². The zero-order valence-electron chi connectivity index (χ0n) is 19.1. The lowest BCUT2D eigenvalue weighted by Gasteiger charge is -2.45. The lowest BCUT2D eigenvalue weighted by atomic mass is 9.90. The van der Waals surface area contributed by atoms with E-state index in [4.69, 9.17) is 42.1 Å². The number of benzene rings is 2.